The summed E-state index contributed by atoms with van der Waals surface area (Å²) in [5, 5.41) is 12.4. The van der Waals surface area contributed by atoms with Crippen molar-refractivity contribution in [1.29, 1.82) is 0 Å². The van der Waals surface area contributed by atoms with E-state index in [1.165, 1.54) is 38.4 Å². The summed E-state index contributed by atoms with van der Waals surface area (Å²) in [6.07, 6.45) is 0. The summed E-state index contributed by atoms with van der Waals surface area (Å²) < 4.78 is 53.4. The van der Waals surface area contributed by atoms with Crippen molar-refractivity contribution < 1.29 is 16.8 Å². The molecule has 0 saturated carbocycles. The van der Waals surface area contributed by atoms with Crippen LogP contribution < -0.4 is 25.6 Å². The number of aromatic nitrogens is 2. The highest BCUT2D eigenvalue weighted by Crippen LogP contribution is 2.35. The van der Waals surface area contributed by atoms with E-state index < -0.39 is 20.0 Å². The molecule has 4 aromatic carbocycles. The fourth-order valence-corrected chi connectivity index (χ4v) is 6.06. The average molecular weight is 698 g/mol. The third-order valence-electron chi connectivity index (χ3n) is 7.36. The Morgan fingerprint density at radius 1 is 0.571 bits per heavy atom. The number of sulfonamides is 2. The van der Waals surface area contributed by atoms with Gasteiger partial charge in [-0.1, -0.05) is 72.8 Å². The molecule has 1 aromatic heterocycles. The van der Waals surface area contributed by atoms with E-state index in [2.05, 4.69) is 35.8 Å². The fraction of sp³-hybridized carbons (Fsp3) is 0.118. The normalized spacial score (nSPS) is 12.4. The standard InChI is InChI=1S/C34H35N9O4S2/c1-23(25-15-19-29(20-16-25)48(44,45)35-3)40-42-32-31(27-11-7-5-8-12-27)33(39-34(38-32)37-28-13-9-6-10-14-28)43-41-24(2)26-17-21-30(22-18-26)49(46,47)36-4/h5-22,35-36H,1-4H3,(H3,37,38,39,42,43)/b40-23+,41-24+. The molecule has 49 heavy (non-hydrogen) atoms. The van der Waals surface area contributed by atoms with Gasteiger partial charge in [-0.2, -0.15) is 20.2 Å². The van der Waals surface area contributed by atoms with Crippen LogP contribution in [-0.4, -0.2) is 52.3 Å². The Labute approximate surface area is 285 Å². The van der Waals surface area contributed by atoms with Gasteiger partial charge in [-0.05, 0) is 81.0 Å². The molecule has 1 heterocycles. The largest absolute Gasteiger partial charge is 0.324 e. The van der Waals surface area contributed by atoms with E-state index in [1.807, 2.05) is 60.7 Å². The molecule has 0 bridgehead atoms. The Hall–Kier alpha value is -5.48. The molecule has 252 valence electrons. The second-order valence-corrected chi connectivity index (χ2v) is 14.3. The minimum absolute atomic E-state index is 0.142. The van der Waals surface area contributed by atoms with Gasteiger partial charge in [0.25, 0.3) is 0 Å². The van der Waals surface area contributed by atoms with Crippen molar-refractivity contribution in [1.82, 2.24) is 19.4 Å². The monoisotopic (exact) mass is 697 g/mol. The Morgan fingerprint density at radius 3 is 1.39 bits per heavy atom. The van der Waals surface area contributed by atoms with Crippen molar-refractivity contribution in [3.05, 3.63) is 120 Å². The molecule has 0 radical (unpaired) electrons. The average Bonchev–Trinajstić information content (AvgIpc) is 3.13. The van der Waals surface area contributed by atoms with Crippen LogP contribution in [-0.2, 0) is 20.0 Å². The Morgan fingerprint density at radius 2 is 0.980 bits per heavy atom. The fourth-order valence-electron chi connectivity index (χ4n) is 4.60. The van der Waals surface area contributed by atoms with Crippen LogP contribution in [0.25, 0.3) is 11.1 Å². The van der Waals surface area contributed by atoms with Crippen molar-refractivity contribution in [2.75, 3.05) is 30.3 Å². The minimum atomic E-state index is -3.58. The van der Waals surface area contributed by atoms with Gasteiger partial charge in [0.1, 0.15) is 0 Å². The summed E-state index contributed by atoms with van der Waals surface area (Å²) >= 11 is 0. The van der Waals surface area contributed by atoms with Crippen LogP contribution in [0.4, 0.5) is 23.3 Å². The number of benzene rings is 4. The lowest BCUT2D eigenvalue weighted by molar-refractivity contribution is 0.586. The van der Waals surface area contributed by atoms with Gasteiger partial charge in [-0.15, -0.1) is 0 Å². The van der Waals surface area contributed by atoms with Crippen molar-refractivity contribution in [3.63, 3.8) is 0 Å². The van der Waals surface area contributed by atoms with E-state index in [9.17, 15) is 16.8 Å². The molecule has 0 aliphatic carbocycles. The van der Waals surface area contributed by atoms with Crippen molar-refractivity contribution >= 4 is 54.7 Å². The van der Waals surface area contributed by atoms with Gasteiger partial charge in [0.05, 0.1) is 26.8 Å². The van der Waals surface area contributed by atoms with E-state index in [0.717, 1.165) is 11.3 Å². The predicted octanol–water partition coefficient (Wildman–Crippen LogP) is 5.38. The summed E-state index contributed by atoms with van der Waals surface area (Å²) in [6, 6.07) is 31.7. The summed E-state index contributed by atoms with van der Waals surface area (Å²) in [4.78, 5) is 9.83. The van der Waals surface area contributed by atoms with Crippen LogP contribution in [0.2, 0.25) is 0 Å². The molecule has 0 spiro atoms. The number of rotatable bonds is 13. The number of para-hydroxylation sites is 1. The topological polar surface area (TPSA) is 179 Å². The third-order valence-corrected chi connectivity index (χ3v) is 10.2. The first kappa shape index (κ1) is 34.8. The molecular formula is C34H35N9O4S2. The molecule has 0 unspecified atom stereocenters. The van der Waals surface area contributed by atoms with Gasteiger partial charge in [0.2, 0.25) is 26.0 Å². The number of anilines is 4. The molecule has 13 nitrogen and oxygen atoms in total. The molecule has 0 fully saturated rings. The van der Waals surface area contributed by atoms with Gasteiger partial charge < -0.3 is 5.32 Å². The molecule has 15 heteroatoms. The Bertz CT molecular complexity index is 2080. The number of nitrogens with zero attached hydrogens (tertiary/aromatic N) is 4. The second kappa shape index (κ2) is 15.2. The van der Waals surface area contributed by atoms with Crippen LogP contribution in [0.5, 0.6) is 0 Å². The smallest absolute Gasteiger partial charge is 0.240 e. The molecule has 0 aliphatic heterocycles. The third kappa shape index (κ3) is 8.52. The van der Waals surface area contributed by atoms with E-state index in [1.54, 1.807) is 38.1 Å². The summed E-state index contributed by atoms with van der Waals surface area (Å²) in [7, 11) is -4.44. The lowest BCUT2D eigenvalue weighted by atomic mass is 10.1. The van der Waals surface area contributed by atoms with E-state index in [0.29, 0.717) is 39.7 Å². The highest BCUT2D eigenvalue weighted by atomic mass is 32.2. The van der Waals surface area contributed by atoms with Gasteiger partial charge in [-0.25, -0.2) is 26.3 Å². The van der Waals surface area contributed by atoms with E-state index in [-0.39, 0.29) is 15.7 Å². The molecule has 0 amide bonds. The summed E-state index contributed by atoms with van der Waals surface area (Å²) in [6.45, 7) is 3.59. The first-order valence-corrected chi connectivity index (χ1v) is 18.0. The number of nitrogens with one attached hydrogen (secondary N) is 5. The number of hydrogen-bond donors (Lipinski definition) is 5. The lowest BCUT2D eigenvalue weighted by Gasteiger charge is -2.16. The molecule has 0 saturated heterocycles. The first-order valence-electron chi connectivity index (χ1n) is 15.0. The zero-order valence-electron chi connectivity index (χ0n) is 27.1. The van der Waals surface area contributed by atoms with Crippen molar-refractivity contribution in [2.24, 2.45) is 10.2 Å². The van der Waals surface area contributed by atoms with Gasteiger partial charge in [0, 0.05) is 5.69 Å². The number of hydrazone groups is 2. The van der Waals surface area contributed by atoms with Crippen LogP contribution in [0.15, 0.2) is 129 Å². The maximum atomic E-state index is 12.2. The van der Waals surface area contributed by atoms with Crippen LogP contribution in [0, 0.1) is 0 Å². The second-order valence-electron chi connectivity index (χ2n) is 10.6. The highest BCUT2D eigenvalue weighted by molar-refractivity contribution is 7.89. The maximum Gasteiger partial charge on any atom is 0.240 e. The molecular weight excluding hydrogens is 663 g/mol. The Kier molecular flexibility index (Phi) is 10.8. The minimum Gasteiger partial charge on any atom is -0.324 e. The highest BCUT2D eigenvalue weighted by Gasteiger charge is 2.18. The van der Waals surface area contributed by atoms with Gasteiger partial charge >= 0.3 is 0 Å². The predicted molar refractivity (Wildman–Crippen MR) is 194 cm³/mol. The zero-order valence-corrected chi connectivity index (χ0v) is 28.8. The maximum absolute atomic E-state index is 12.2. The summed E-state index contributed by atoms with van der Waals surface area (Å²) in [5.74, 6) is 0.996. The van der Waals surface area contributed by atoms with E-state index in [4.69, 9.17) is 9.97 Å². The SMILES string of the molecule is CNS(=O)(=O)c1ccc(/C(C)=N/Nc2nc(Nc3ccccc3)nc(N/N=C(\C)c3ccc(S(=O)(=O)NC)cc3)c2-c2ccccc2)cc1. The van der Waals surface area contributed by atoms with Gasteiger partial charge in [0.15, 0.2) is 11.6 Å². The summed E-state index contributed by atoms with van der Waals surface area (Å²) in [5.41, 5.74) is 10.9. The van der Waals surface area contributed by atoms with Gasteiger partial charge in [-0.3, -0.25) is 10.9 Å². The molecule has 5 rings (SSSR count). The van der Waals surface area contributed by atoms with Crippen LogP contribution >= 0.6 is 0 Å². The van der Waals surface area contributed by atoms with Crippen LogP contribution in [0.3, 0.4) is 0 Å². The molecule has 5 aromatic rings. The lowest BCUT2D eigenvalue weighted by Crippen LogP contribution is -2.18. The molecule has 5 N–H and O–H groups in total. The quantitative estimate of drug-likeness (QED) is 0.0798. The van der Waals surface area contributed by atoms with Crippen molar-refractivity contribution in [3.8, 4) is 11.1 Å². The first-order chi connectivity index (χ1) is 23.5. The molecule has 0 atom stereocenters. The van der Waals surface area contributed by atoms with Crippen molar-refractivity contribution in [2.45, 2.75) is 23.6 Å². The Balaban J connectivity index is 1.55. The van der Waals surface area contributed by atoms with E-state index >= 15 is 0 Å². The molecule has 0 aliphatic rings. The van der Waals surface area contributed by atoms with Crippen LogP contribution in [0.1, 0.15) is 25.0 Å². The zero-order chi connectivity index (χ0) is 35.0. The number of hydrogen-bond acceptors (Lipinski definition) is 11.